The van der Waals surface area contributed by atoms with Crippen molar-refractivity contribution >= 4 is 21.6 Å². The fourth-order valence-corrected chi connectivity index (χ4v) is 3.55. The van der Waals surface area contributed by atoms with Crippen LogP contribution < -0.4 is 10.6 Å². The molecule has 0 bridgehead atoms. The summed E-state index contributed by atoms with van der Waals surface area (Å²) >= 11 is 0. The van der Waals surface area contributed by atoms with Crippen LogP contribution in [-0.2, 0) is 9.84 Å². The van der Waals surface area contributed by atoms with Gasteiger partial charge in [0.2, 0.25) is 9.84 Å². The van der Waals surface area contributed by atoms with Gasteiger partial charge in [0.1, 0.15) is 11.6 Å². The molecule has 0 saturated heterocycles. The van der Waals surface area contributed by atoms with E-state index in [1.807, 2.05) is 0 Å². The molecule has 1 amide bonds. The van der Waals surface area contributed by atoms with Crippen molar-refractivity contribution in [1.82, 2.24) is 25.1 Å². The number of sulfone groups is 1. The normalized spacial score (nSPS) is 11.5. The van der Waals surface area contributed by atoms with Crippen molar-refractivity contribution in [3.63, 3.8) is 0 Å². The van der Waals surface area contributed by atoms with Crippen molar-refractivity contribution in [1.29, 1.82) is 0 Å². The molecule has 0 saturated carbocycles. The minimum Gasteiger partial charge on any atom is -0.368 e. The maximum absolute atomic E-state index is 12.9. The molecule has 3 aromatic rings. The molecule has 0 fully saturated rings. The summed E-state index contributed by atoms with van der Waals surface area (Å²) in [7, 11) is -4.89. The molecule has 12 heteroatoms. The zero-order valence-corrected chi connectivity index (χ0v) is 16.6. The minimum atomic E-state index is -4.89. The largest absolute Gasteiger partial charge is 0.368 e. The number of aromatic nitrogens is 4. The summed E-state index contributed by atoms with van der Waals surface area (Å²) in [4.78, 5) is 20.1. The fourth-order valence-electron chi connectivity index (χ4n) is 2.62. The average Bonchev–Trinajstić information content (AvgIpc) is 3.25. The number of aryl methyl sites for hydroxylation is 1. The average molecular weight is 436 g/mol. The maximum Gasteiger partial charge on any atom is 0.341 e. The van der Waals surface area contributed by atoms with E-state index in [0.717, 1.165) is 6.07 Å². The first-order chi connectivity index (χ1) is 14.3. The Kier molecular flexibility index (Phi) is 6.35. The molecule has 2 heterocycles. The third-order valence-corrected chi connectivity index (χ3v) is 5.39. The van der Waals surface area contributed by atoms with Crippen LogP contribution in [0.3, 0.4) is 0 Å². The number of carbonyl (C=O) groups is 1. The van der Waals surface area contributed by atoms with Gasteiger partial charge in [-0.05, 0) is 25.1 Å². The van der Waals surface area contributed by atoms with Crippen molar-refractivity contribution in [2.45, 2.75) is 17.6 Å². The Morgan fingerprint density at radius 3 is 2.63 bits per heavy atom. The minimum absolute atomic E-state index is 0.0993. The van der Waals surface area contributed by atoms with Gasteiger partial charge < -0.3 is 10.6 Å². The molecule has 0 aliphatic carbocycles. The van der Waals surface area contributed by atoms with Crippen molar-refractivity contribution < 1.29 is 22.0 Å². The predicted octanol–water partition coefficient (Wildman–Crippen LogP) is 1.81. The number of rotatable bonds is 8. The van der Waals surface area contributed by atoms with Crippen LogP contribution in [0.5, 0.6) is 0 Å². The van der Waals surface area contributed by atoms with Gasteiger partial charge in [-0.3, -0.25) is 4.79 Å². The van der Waals surface area contributed by atoms with E-state index in [-0.39, 0.29) is 18.7 Å². The summed E-state index contributed by atoms with van der Waals surface area (Å²) in [5.41, 5.74) is -0.336. The molecule has 0 spiro atoms. The van der Waals surface area contributed by atoms with Crippen molar-refractivity contribution in [3.8, 4) is 5.82 Å². The molecule has 2 aromatic heterocycles. The number of carbonyl (C=O) groups excluding carboxylic acids is 1. The smallest absolute Gasteiger partial charge is 0.341 e. The molecule has 1 aromatic carbocycles. The van der Waals surface area contributed by atoms with Crippen molar-refractivity contribution in [2.75, 3.05) is 18.4 Å². The molecule has 0 aliphatic heterocycles. The van der Waals surface area contributed by atoms with Crippen molar-refractivity contribution in [2.24, 2.45) is 0 Å². The molecule has 0 unspecified atom stereocenters. The van der Waals surface area contributed by atoms with Crippen LogP contribution in [-0.4, -0.2) is 52.9 Å². The monoisotopic (exact) mass is 436 g/mol. The molecule has 3 rings (SSSR count). The predicted molar refractivity (Wildman–Crippen MR) is 104 cm³/mol. The van der Waals surface area contributed by atoms with Gasteiger partial charge in [-0.2, -0.15) is 13.9 Å². The molecule has 0 radical (unpaired) electrons. The molecule has 158 valence electrons. The van der Waals surface area contributed by atoms with Crippen LogP contribution in [0.25, 0.3) is 5.82 Å². The summed E-state index contributed by atoms with van der Waals surface area (Å²) in [5.74, 6) is -2.81. The number of anilines is 1. The van der Waals surface area contributed by atoms with E-state index in [4.69, 9.17) is 0 Å². The lowest BCUT2D eigenvalue weighted by molar-refractivity contribution is 0.0951. The number of halogens is 2. The van der Waals surface area contributed by atoms with Gasteiger partial charge in [-0.15, -0.1) is 0 Å². The van der Waals surface area contributed by atoms with Gasteiger partial charge in [0.05, 0.1) is 10.5 Å². The van der Waals surface area contributed by atoms with Gasteiger partial charge in [-0.1, -0.05) is 12.1 Å². The molecule has 2 N–H and O–H groups in total. The number of nitrogens with one attached hydrogen (secondary N) is 2. The first-order valence-corrected chi connectivity index (χ1v) is 10.3. The number of nitrogens with zero attached hydrogens (tertiary/aromatic N) is 4. The number of hydrogen-bond donors (Lipinski definition) is 2. The molecule has 9 nitrogen and oxygen atoms in total. The zero-order valence-electron chi connectivity index (χ0n) is 15.8. The Labute approximate surface area is 171 Å². The molecule has 0 atom stereocenters. The highest BCUT2D eigenvalue weighted by atomic mass is 32.2. The number of benzene rings is 1. The molecular formula is C18H18F2N6O3S. The lowest BCUT2D eigenvalue weighted by atomic mass is 10.2. The van der Waals surface area contributed by atoms with E-state index in [9.17, 15) is 22.0 Å². The fraction of sp³-hybridized carbons (Fsp3) is 0.222. The second-order valence-corrected chi connectivity index (χ2v) is 7.98. The molecular weight excluding hydrogens is 418 g/mol. The summed E-state index contributed by atoms with van der Waals surface area (Å²) < 4.78 is 50.8. The van der Waals surface area contributed by atoms with Crippen LogP contribution in [0, 0.1) is 6.92 Å². The third-order valence-electron chi connectivity index (χ3n) is 3.95. The summed E-state index contributed by atoms with van der Waals surface area (Å²) in [5, 5.41) is 9.62. The first kappa shape index (κ1) is 21.3. The Morgan fingerprint density at radius 1 is 1.17 bits per heavy atom. The highest BCUT2D eigenvalue weighted by Gasteiger charge is 2.30. The second-order valence-electron chi connectivity index (χ2n) is 6.09. The van der Waals surface area contributed by atoms with Gasteiger partial charge in [0.25, 0.3) is 5.91 Å². The van der Waals surface area contributed by atoms with E-state index >= 15 is 0 Å². The maximum atomic E-state index is 12.9. The van der Waals surface area contributed by atoms with Crippen molar-refractivity contribution in [3.05, 3.63) is 60.2 Å². The van der Waals surface area contributed by atoms with E-state index in [1.165, 1.54) is 18.2 Å². The lowest BCUT2D eigenvalue weighted by Gasteiger charge is -2.11. The van der Waals surface area contributed by atoms with E-state index in [0.29, 0.717) is 17.5 Å². The number of hydrogen-bond acceptors (Lipinski definition) is 7. The number of amides is 1. The third kappa shape index (κ3) is 4.76. The standard InChI is InChI=1S/C18H18F2N6O3S/c1-12-24-15(11-16(25-12)26-10-4-7-23-26)21-8-9-22-17(27)13-5-2-3-6-14(13)30(28,29)18(19)20/h2-7,10-11,18H,8-9H2,1H3,(H,22,27)(H,21,24,25). The molecule has 0 aliphatic rings. The molecule has 30 heavy (non-hydrogen) atoms. The van der Waals surface area contributed by atoms with Crippen LogP contribution in [0.4, 0.5) is 14.6 Å². The summed E-state index contributed by atoms with van der Waals surface area (Å²) in [6, 6.07) is 8.27. The zero-order chi connectivity index (χ0) is 21.7. The first-order valence-electron chi connectivity index (χ1n) is 8.78. The van der Waals surface area contributed by atoms with Gasteiger partial charge in [0, 0.05) is 31.5 Å². The Hall–Kier alpha value is -3.41. The van der Waals surface area contributed by atoms with Crippen LogP contribution in [0.2, 0.25) is 0 Å². The lowest BCUT2D eigenvalue weighted by Crippen LogP contribution is -2.30. The van der Waals surface area contributed by atoms with Crippen LogP contribution in [0.1, 0.15) is 16.2 Å². The quantitative estimate of drug-likeness (QED) is 0.517. The SMILES string of the molecule is Cc1nc(NCCNC(=O)c2ccccc2S(=O)(=O)C(F)F)cc(-n2cccn2)n1. The van der Waals surface area contributed by atoms with E-state index in [1.54, 1.807) is 36.1 Å². The van der Waals surface area contributed by atoms with Gasteiger partial charge in [-0.25, -0.2) is 23.1 Å². The second kappa shape index (κ2) is 8.95. The van der Waals surface area contributed by atoms with Gasteiger partial charge in [0.15, 0.2) is 5.82 Å². The Morgan fingerprint density at radius 2 is 1.93 bits per heavy atom. The Balaban J connectivity index is 1.63. The Bertz CT molecular complexity index is 1140. The summed E-state index contributed by atoms with van der Waals surface area (Å²) in [6.45, 7) is 2.08. The van der Waals surface area contributed by atoms with Gasteiger partial charge >= 0.3 is 5.76 Å². The van der Waals surface area contributed by atoms with E-state index in [2.05, 4.69) is 25.7 Å². The topological polar surface area (TPSA) is 119 Å². The van der Waals surface area contributed by atoms with E-state index < -0.39 is 26.4 Å². The van der Waals surface area contributed by atoms with Crippen LogP contribution >= 0.6 is 0 Å². The van der Waals surface area contributed by atoms with Crippen LogP contribution in [0.15, 0.2) is 53.7 Å². The highest BCUT2D eigenvalue weighted by Crippen LogP contribution is 2.22. The summed E-state index contributed by atoms with van der Waals surface area (Å²) in [6.07, 6.45) is 3.35. The number of alkyl halides is 2. The highest BCUT2D eigenvalue weighted by molar-refractivity contribution is 7.91.